The van der Waals surface area contributed by atoms with E-state index < -0.39 is 10.8 Å². The summed E-state index contributed by atoms with van der Waals surface area (Å²) in [5.74, 6) is 0.766. The highest BCUT2D eigenvalue weighted by Crippen LogP contribution is 2.31. The molecule has 2 aromatic carbocycles. The maximum absolute atomic E-state index is 12.8. The van der Waals surface area contributed by atoms with Crippen molar-refractivity contribution >= 4 is 21.7 Å². The number of ether oxygens (including phenoxy) is 1. The summed E-state index contributed by atoms with van der Waals surface area (Å²) in [5.41, 5.74) is 1.90. The van der Waals surface area contributed by atoms with Gasteiger partial charge in [0.1, 0.15) is 5.75 Å². The second-order valence-electron chi connectivity index (χ2n) is 4.57. The van der Waals surface area contributed by atoms with Crippen molar-refractivity contribution < 1.29 is 8.95 Å². The first-order chi connectivity index (χ1) is 9.70. The van der Waals surface area contributed by atoms with Crippen LogP contribution >= 0.6 is 0 Å². The van der Waals surface area contributed by atoms with Crippen molar-refractivity contribution in [3.8, 4) is 5.75 Å². The van der Waals surface area contributed by atoms with E-state index in [0.717, 1.165) is 32.1 Å². The number of rotatable bonds is 3. The van der Waals surface area contributed by atoms with E-state index in [4.69, 9.17) is 4.74 Å². The summed E-state index contributed by atoms with van der Waals surface area (Å²) < 4.78 is 18.1. The van der Waals surface area contributed by atoms with Gasteiger partial charge in [-0.3, -0.25) is 0 Å². The lowest BCUT2D eigenvalue weighted by molar-refractivity contribution is 0.415. The van der Waals surface area contributed by atoms with Crippen molar-refractivity contribution in [1.29, 1.82) is 0 Å². The van der Waals surface area contributed by atoms with Crippen molar-refractivity contribution in [2.24, 2.45) is 0 Å². The molecule has 1 unspecified atom stereocenters. The van der Waals surface area contributed by atoms with Crippen LogP contribution in [0, 0.1) is 6.92 Å². The van der Waals surface area contributed by atoms with Crippen LogP contribution in [0.2, 0.25) is 0 Å². The first-order valence-corrected chi connectivity index (χ1v) is 7.49. The molecule has 0 aliphatic rings. The minimum Gasteiger partial charge on any atom is -0.497 e. The van der Waals surface area contributed by atoms with Crippen molar-refractivity contribution in [3.05, 3.63) is 54.2 Å². The molecule has 1 aromatic heterocycles. The van der Waals surface area contributed by atoms with E-state index in [1.165, 1.54) is 0 Å². The number of aromatic nitrogens is 1. The number of hydrogen-bond donors (Lipinski definition) is 1. The van der Waals surface area contributed by atoms with E-state index in [1.807, 2.05) is 55.5 Å². The van der Waals surface area contributed by atoms with Crippen LogP contribution < -0.4 is 4.74 Å². The van der Waals surface area contributed by atoms with Crippen molar-refractivity contribution in [2.75, 3.05) is 7.11 Å². The molecule has 0 saturated carbocycles. The predicted molar refractivity (Wildman–Crippen MR) is 80.7 cm³/mol. The number of aromatic amines is 1. The van der Waals surface area contributed by atoms with Gasteiger partial charge in [-0.1, -0.05) is 18.2 Å². The van der Waals surface area contributed by atoms with E-state index in [-0.39, 0.29) is 0 Å². The third-order valence-corrected chi connectivity index (χ3v) is 4.87. The molecular weight excluding hydrogens is 270 g/mol. The second-order valence-corrected chi connectivity index (χ2v) is 5.99. The number of hydrogen-bond acceptors (Lipinski definition) is 2. The van der Waals surface area contributed by atoms with Crippen LogP contribution in [0.25, 0.3) is 10.9 Å². The lowest BCUT2D eigenvalue weighted by Crippen LogP contribution is -1.94. The molecule has 0 aliphatic carbocycles. The van der Waals surface area contributed by atoms with Gasteiger partial charge in [-0.2, -0.15) is 0 Å². The first-order valence-electron chi connectivity index (χ1n) is 6.34. The highest BCUT2D eigenvalue weighted by Gasteiger charge is 2.16. The Balaban J connectivity index is 2.20. The summed E-state index contributed by atoms with van der Waals surface area (Å²) in [6.07, 6.45) is 0. The highest BCUT2D eigenvalue weighted by molar-refractivity contribution is 7.85. The van der Waals surface area contributed by atoms with Crippen molar-refractivity contribution in [2.45, 2.75) is 16.7 Å². The summed E-state index contributed by atoms with van der Waals surface area (Å²) in [7, 11) is 0.435. The molecule has 4 heteroatoms. The first kappa shape index (κ1) is 12.9. The normalized spacial score (nSPS) is 12.5. The zero-order chi connectivity index (χ0) is 14.1. The maximum Gasteiger partial charge on any atom is 0.119 e. The molecule has 1 atom stereocenters. The summed E-state index contributed by atoms with van der Waals surface area (Å²) in [4.78, 5) is 4.91. The number of methoxy groups -OCH3 is 1. The highest BCUT2D eigenvalue weighted by atomic mass is 32.2. The number of benzene rings is 2. The summed E-state index contributed by atoms with van der Waals surface area (Å²) in [6, 6.07) is 15.3. The van der Waals surface area contributed by atoms with Crippen LogP contribution in [0.1, 0.15) is 5.69 Å². The van der Waals surface area contributed by atoms with Gasteiger partial charge in [0.2, 0.25) is 0 Å². The molecule has 3 rings (SSSR count). The van der Waals surface area contributed by atoms with E-state index in [0.29, 0.717) is 0 Å². The van der Waals surface area contributed by atoms with E-state index in [1.54, 1.807) is 7.11 Å². The average molecular weight is 285 g/mol. The van der Waals surface area contributed by atoms with Crippen LogP contribution in [-0.2, 0) is 10.8 Å². The van der Waals surface area contributed by atoms with Gasteiger partial charge in [0.15, 0.2) is 0 Å². The Morgan fingerprint density at radius 2 is 1.85 bits per heavy atom. The molecular formula is C16H15NO2S. The molecule has 3 aromatic rings. The van der Waals surface area contributed by atoms with Gasteiger partial charge in [-0.15, -0.1) is 0 Å². The van der Waals surface area contributed by atoms with Gasteiger partial charge < -0.3 is 9.72 Å². The molecule has 0 aliphatic heterocycles. The SMILES string of the molecule is COc1ccc2[nH]c(C)c(S(=O)c3ccccc3)c2c1. The fourth-order valence-electron chi connectivity index (χ4n) is 2.31. The Morgan fingerprint density at radius 1 is 1.10 bits per heavy atom. The van der Waals surface area contributed by atoms with Gasteiger partial charge in [-0.25, -0.2) is 4.21 Å². The molecule has 20 heavy (non-hydrogen) atoms. The second kappa shape index (κ2) is 5.13. The fourth-order valence-corrected chi connectivity index (χ4v) is 3.65. The molecule has 1 heterocycles. The molecule has 102 valence electrons. The summed E-state index contributed by atoms with van der Waals surface area (Å²) in [6.45, 7) is 1.95. The lowest BCUT2D eigenvalue weighted by Gasteiger charge is -2.04. The molecule has 3 nitrogen and oxygen atoms in total. The zero-order valence-electron chi connectivity index (χ0n) is 11.3. The van der Waals surface area contributed by atoms with E-state index in [2.05, 4.69) is 4.98 Å². The monoisotopic (exact) mass is 285 g/mol. The number of H-pyrrole nitrogens is 1. The van der Waals surface area contributed by atoms with Crippen molar-refractivity contribution in [1.82, 2.24) is 4.98 Å². The number of aryl methyl sites for hydroxylation is 1. The predicted octanol–water partition coefficient (Wildman–Crippen LogP) is 3.65. The van der Waals surface area contributed by atoms with E-state index in [9.17, 15) is 4.21 Å². The lowest BCUT2D eigenvalue weighted by atomic mass is 10.2. The molecule has 0 saturated heterocycles. The Hall–Kier alpha value is -2.07. The minimum atomic E-state index is -1.20. The third-order valence-electron chi connectivity index (χ3n) is 3.28. The van der Waals surface area contributed by atoms with Crippen LogP contribution in [0.3, 0.4) is 0 Å². The number of fused-ring (bicyclic) bond motifs is 1. The fraction of sp³-hybridized carbons (Fsp3) is 0.125. The Labute approximate surface area is 120 Å². The zero-order valence-corrected chi connectivity index (χ0v) is 12.2. The van der Waals surface area contributed by atoms with Crippen LogP contribution in [-0.4, -0.2) is 16.3 Å². The van der Waals surface area contributed by atoms with Crippen LogP contribution in [0.15, 0.2) is 58.3 Å². The maximum atomic E-state index is 12.8. The Bertz CT molecular complexity index is 778. The molecule has 0 spiro atoms. The molecule has 0 bridgehead atoms. The van der Waals surface area contributed by atoms with Gasteiger partial charge in [0.25, 0.3) is 0 Å². The summed E-state index contributed by atoms with van der Waals surface area (Å²) >= 11 is 0. The summed E-state index contributed by atoms with van der Waals surface area (Å²) in [5, 5.41) is 0.948. The Kier molecular flexibility index (Phi) is 3.32. The molecule has 0 amide bonds. The van der Waals surface area contributed by atoms with Gasteiger partial charge in [-0.05, 0) is 37.3 Å². The van der Waals surface area contributed by atoms with Gasteiger partial charge in [0, 0.05) is 21.5 Å². The van der Waals surface area contributed by atoms with Gasteiger partial charge in [0.05, 0.1) is 22.8 Å². The third kappa shape index (κ3) is 2.12. The topological polar surface area (TPSA) is 42.1 Å². The smallest absolute Gasteiger partial charge is 0.119 e. The largest absolute Gasteiger partial charge is 0.497 e. The Morgan fingerprint density at radius 3 is 2.55 bits per heavy atom. The molecule has 0 radical (unpaired) electrons. The standard InChI is InChI=1S/C16H15NO2S/c1-11-16(20(18)13-6-4-3-5-7-13)14-10-12(19-2)8-9-15(14)17-11/h3-10,17H,1-2H3. The van der Waals surface area contributed by atoms with E-state index >= 15 is 0 Å². The number of nitrogens with one attached hydrogen (secondary N) is 1. The van der Waals surface area contributed by atoms with Crippen molar-refractivity contribution in [3.63, 3.8) is 0 Å². The minimum absolute atomic E-state index is 0.766. The van der Waals surface area contributed by atoms with Crippen LogP contribution in [0.5, 0.6) is 5.75 Å². The van der Waals surface area contributed by atoms with Gasteiger partial charge >= 0.3 is 0 Å². The molecule has 0 fully saturated rings. The van der Waals surface area contributed by atoms with Crippen LogP contribution in [0.4, 0.5) is 0 Å². The quantitative estimate of drug-likeness (QED) is 0.798. The average Bonchev–Trinajstić information content (AvgIpc) is 2.82. The molecule has 1 N–H and O–H groups in total.